The summed E-state index contributed by atoms with van der Waals surface area (Å²) < 4.78 is 0. The van der Waals surface area contributed by atoms with E-state index in [0.717, 1.165) is 21.7 Å². The van der Waals surface area contributed by atoms with E-state index in [0.29, 0.717) is 0 Å². The molecule has 4 spiro atoms. The van der Waals surface area contributed by atoms with E-state index in [9.17, 15) is 0 Å². The van der Waals surface area contributed by atoms with Crippen molar-refractivity contribution in [1.82, 2.24) is 0 Å². The molecule has 8 aliphatic carbocycles. The van der Waals surface area contributed by atoms with Crippen LogP contribution in [0.2, 0.25) is 0 Å². The van der Waals surface area contributed by atoms with Crippen molar-refractivity contribution in [3.05, 3.63) is 0 Å². The molecule has 0 aromatic carbocycles. The lowest BCUT2D eigenvalue weighted by Crippen LogP contribution is -2.67. The van der Waals surface area contributed by atoms with E-state index in [2.05, 4.69) is 0 Å². The molecule has 0 radical (unpaired) electrons. The van der Waals surface area contributed by atoms with Crippen LogP contribution >= 0.6 is 0 Å². The lowest BCUT2D eigenvalue weighted by Gasteiger charge is -2.69. The highest BCUT2D eigenvalue weighted by atomic mass is 15.4. The topological polar surface area (TPSA) is 0 Å². The van der Waals surface area contributed by atoms with Gasteiger partial charge in [-0.2, -0.15) is 0 Å². The normalized spacial score (nSPS) is 136. The summed E-state index contributed by atoms with van der Waals surface area (Å²) in [5.41, 5.74) is 4.62. The van der Waals surface area contributed by atoms with Crippen LogP contribution in [0.4, 0.5) is 0 Å². The molecule has 0 aromatic rings. The van der Waals surface area contributed by atoms with E-state index in [1.807, 2.05) is 0 Å². The van der Waals surface area contributed by atoms with Crippen molar-refractivity contribution in [1.29, 1.82) is 0 Å². The van der Waals surface area contributed by atoms with Gasteiger partial charge in [-0.25, -0.2) is 0 Å². The van der Waals surface area contributed by atoms with Crippen LogP contribution < -0.4 is 0 Å². The zero-order chi connectivity index (χ0) is 6.62. The van der Waals surface area contributed by atoms with E-state index in [4.69, 9.17) is 0 Å². The van der Waals surface area contributed by atoms with Gasteiger partial charge in [-0.05, 0) is 69.0 Å². The second-order valence-corrected chi connectivity index (χ2v) is 7.72. The van der Waals surface area contributed by atoms with Gasteiger partial charge in [0, 0.05) is 0 Å². The zero-order valence-electron chi connectivity index (χ0n) is 6.62. The Labute approximate surface area is 69.7 Å². The molecule has 12 heavy (non-hydrogen) atoms. The highest BCUT2D eigenvalue weighted by molar-refractivity contribution is 5.85. The molecular weight excluding hydrogens is 144 g/mol. The highest BCUT2D eigenvalue weighted by Crippen LogP contribution is 3.42. The van der Waals surface area contributed by atoms with Gasteiger partial charge in [-0.15, -0.1) is 0 Å². The lowest BCUT2D eigenvalue weighted by atomic mass is 9.34. The van der Waals surface area contributed by atoms with E-state index in [-0.39, 0.29) is 0 Å². The predicted molar refractivity (Wildman–Crippen MR) is 37.7 cm³/mol. The Balaban J connectivity index is 1.89. The maximum atomic E-state index is 1.39. The third-order valence-electron chi connectivity index (χ3n) is 9.85. The molecule has 56 valence electrons. The molecule has 0 nitrogen and oxygen atoms in total. The van der Waals surface area contributed by atoms with E-state index >= 15 is 0 Å². The first kappa shape index (κ1) is 3.63. The molecule has 8 fully saturated rings. The van der Waals surface area contributed by atoms with Crippen LogP contribution in [0.1, 0.15) is 0 Å². The third-order valence-corrected chi connectivity index (χ3v) is 9.85. The van der Waals surface area contributed by atoms with Crippen molar-refractivity contribution in [3.63, 3.8) is 0 Å². The van der Waals surface area contributed by atoms with Crippen LogP contribution in [0.5, 0.6) is 0 Å². The smallest absolute Gasteiger partial charge is 0.00930 e. The second-order valence-electron chi connectivity index (χ2n) is 7.72. The average molecular weight is 152 g/mol. The lowest BCUT2D eigenvalue weighted by molar-refractivity contribution is -0.236. The summed E-state index contributed by atoms with van der Waals surface area (Å²) in [6, 6.07) is 0. The molecule has 0 bridgehead atoms. The fraction of sp³-hybridized carbons (Fsp3) is 1.00. The van der Waals surface area contributed by atoms with E-state index < -0.39 is 0 Å². The molecule has 0 aromatic heterocycles. The Morgan fingerprint density at radius 2 is 1.17 bits per heavy atom. The van der Waals surface area contributed by atoms with E-state index in [1.165, 1.54) is 47.3 Å². The number of rotatable bonds is 0. The van der Waals surface area contributed by atoms with Crippen molar-refractivity contribution in [2.75, 3.05) is 0 Å². The van der Waals surface area contributed by atoms with Crippen molar-refractivity contribution in [3.8, 4) is 0 Å². The van der Waals surface area contributed by atoms with Crippen LogP contribution in [-0.2, 0) is 0 Å². The quantitative estimate of drug-likeness (QED) is 0.485. The van der Waals surface area contributed by atoms with Crippen LogP contribution in [-0.4, -0.2) is 0 Å². The van der Waals surface area contributed by atoms with Crippen molar-refractivity contribution in [2.24, 2.45) is 69.0 Å². The molecule has 0 saturated heterocycles. The average Bonchev–Trinajstić information content (AvgIpc) is 2.57. The summed E-state index contributed by atoms with van der Waals surface area (Å²) in [7, 11) is 0. The van der Waals surface area contributed by atoms with Gasteiger partial charge in [-0.1, -0.05) is 0 Å². The maximum Gasteiger partial charge on any atom is -0.00930 e. The van der Waals surface area contributed by atoms with Gasteiger partial charge >= 0.3 is 0 Å². The first-order chi connectivity index (χ1) is 5.97. The number of hydrogen-bond acceptors (Lipinski definition) is 0. The number of fused-ring (bicyclic) bond motifs is 7. The summed E-state index contributed by atoms with van der Waals surface area (Å²) >= 11 is 0. The predicted octanol–water partition coefficient (Wildman–Crippen LogP) is 0.984. The van der Waals surface area contributed by atoms with Gasteiger partial charge in [0.05, 0.1) is 0 Å². The summed E-state index contributed by atoms with van der Waals surface area (Å²) in [4.78, 5) is 0. The maximum absolute atomic E-state index is 1.39. The van der Waals surface area contributed by atoms with Crippen molar-refractivity contribution >= 4 is 0 Å². The van der Waals surface area contributed by atoms with E-state index in [1.54, 1.807) is 0 Å². The summed E-state index contributed by atoms with van der Waals surface area (Å²) in [6.45, 7) is 0. The van der Waals surface area contributed by atoms with Gasteiger partial charge in [-0.3, -0.25) is 0 Å². The first-order valence-corrected chi connectivity index (χ1v) is 5.97. The van der Waals surface area contributed by atoms with Gasteiger partial charge in [0.1, 0.15) is 0 Å². The minimum absolute atomic E-state index is 1.15. The van der Waals surface area contributed by atoms with Gasteiger partial charge in [0.15, 0.2) is 0 Å². The molecule has 0 amide bonds. The summed E-state index contributed by atoms with van der Waals surface area (Å²) in [5.74, 6) is 11.0. The van der Waals surface area contributed by atoms with Gasteiger partial charge < -0.3 is 0 Å². The molecule has 8 rings (SSSR count). The van der Waals surface area contributed by atoms with Gasteiger partial charge in [0.25, 0.3) is 0 Å². The summed E-state index contributed by atoms with van der Waals surface area (Å²) in [5, 5.41) is 0. The molecule has 0 heterocycles. The first-order valence-electron chi connectivity index (χ1n) is 5.97. The minimum atomic E-state index is 1.15. The molecule has 0 aliphatic heterocycles. The van der Waals surface area contributed by atoms with Crippen molar-refractivity contribution < 1.29 is 0 Å². The molecule has 8 saturated carbocycles. The Kier molecular flexibility index (Phi) is 0.144. The highest BCUT2D eigenvalue weighted by Gasteiger charge is 3.40. The van der Waals surface area contributed by atoms with Crippen LogP contribution in [0.3, 0.4) is 0 Å². The molecule has 8 aliphatic rings. The van der Waals surface area contributed by atoms with Crippen LogP contribution in [0.15, 0.2) is 0 Å². The molecular formula is C12H8. The largest absolute Gasteiger partial charge is 0.0300 e. The molecule has 0 heteroatoms. The second kappa shape index (κ2) is 0.477. The fourth-order valence-corrected chi connectivity index (χ4v) is 11.6. The third kappa shape index (κ3) is 0.0657. The molecule has 0 N–H and O–H groups in total. The van der Waals surface area contributed by atoms with Gasteiger partial charge in [0.2, 0.25) is 0 Å². The molecule has 10 unspecified atom stereocenters. The Morgan fingerprint density at radius 1 is 0.583 bits per heavy atom. The zero-order valence-corrected chi connectivity index (χ0v) is 6.62. The standard InChI is InChI=1S/C12H8/c1-2-4-5-3(1)10-6(1)9(2)7-8(10)12(5,10)11(4,7)9/h1-8H. The Bertz CT molecular complexity index is 428. The van der Waals surface area contributed by atoms with Crippen LogP contribution in [0, 0.1) is 69.0 Å². The SMILES string of the molecule is C12C3C4C5C1C16C2C32C3C1C56C432. The monoisotopic (exact) mass is 152 g/mol. The minimum Gasteiger partial charge on any atom is -0.0300 e. The summed E-state index contributed by atoms with van der Waals surface area (Å²) in [6.07, 6.45) is 0. The molecule has 10 atom stereocenters. The Hall–Kier alpha value is 0. The van der Waals surface area contributed by atoms with Crippen molar-refractivity contribution in [2.45, 2.75) is 0 Å². The number of hydrogen-bond donors (Lipinski definition) is 0. The fourth-order valence-electron chi connectivity index (χ4n) is 11.6. The van der Waals surface area contributed by atoms with Crippen LogP contribution in [0.25, 0.3) is 0 Å². The Morgan fingerprint density at radius 3 is 1.75 bits per heavy atom.